The molecule has 0 unspecified atom stereocenters. The van der Waals surface area contributed by atoms with Crippen molar-refractivity contribution in [2.24, 2.45) is 0 Å². The number of carbonyl (C=O) groups excluding carboxylic acids is 1. The van der Waals surface area contributed by atoms with E-state index in [9.17, 15) is 9.18 Å². The molecule has 2 aromatic rings. The molecule has 0 saturated carbocycles. The van der Waals surface area contributed by atoms with Crippen LogP contribution in [0, 0.1) is 17.1 Å². The normalized spacial score (nSPS) is 9.91. The third-order valence-corrected chi connectivity index (χ3v) is 3.89. The summed E-state index contributed by atoms with van der Waals surface area (Å²) in [5, 5.41) is 11.4. The van der Waals surface area contributed by atoms with Crippen LogP contribution >= 0.6 is 11.8 Å². The van der Waals surface area contributed by atoms with Gasteiger partial charge in [-0.1, -0.05) is 12.1 Å². The lowest BCUT2D eigenvalue weighted by atomic mass is 10.3. The SMILES string of the molecule is N#CCCSc1ccccc1NC(=O)COc1ccc(F)cc1. The van der Waals surface area contributed by atoms with E-state index in [1.807, 2.05) is 18.2 Å². The molecule has 2 aromatic carbocycles. The van der Waals surface area contributed by atoms with Gasteiger partial charge in [-0.2, -0.15) is 5.26 Å². The topological polar surface area (TPSA) is 62.1 Å². The van der Waals surface area contributed by atoms with Crippen molar-refractivity contribution in [3.63, 3.8) is 0 Å². The highest BCUT2D eigenvalue weighted by atomic mass is 32.2. The molecule has 118 valence electrons. The van der Waals surface area contributed by atoms with Gasteiger partial charge in [-0.25, -0.2) is 4.39 Å². The van der Waals surface area contributed by atoms with Gasteiger partial charge in [0, 0.05) is 17.1 Å². The second kappa shape index (κ2) is 8.81. The molecule has 0 radical (unpaired) electrons. The number of ether oxygens (including phenoxy) is 1. The minimum Gasteiger partial charge on any atom is -0.484 e. The number of hydrogen-bond acceptors (Lipinski definition) is 4. The number of nitrogens with one attached hydrogen (secondary N) is 1. The number of nitriles is 1. The van der Waals surface area contributed by atoms with Crippen LogP contribution in [0.4, 0.5) is 10.1 Å². The summed E-state index contributed by atoms with van der Waals surface area (Å²) < 4.78 is 18.1. The monoisotopic (exact) mass is 330 g/mol. The second-order valence-electron chi connectivity index (χ2n) is 4.54. The Labute approximate surface area is 138 Å². The number of amides is 1. The zero-order chi connectivity index (χ0) is 16.5. The van der Waals surface area contributed by atoms with Crippen molar-refractivity contribution in [2.75, 3.05) is 17.7 Å². The van der Waals surface area contributed by atoms with Crippen LogP contribution in [0.15, 0.2) is 53.4 Å². The summed E-state index contributed by atoms with van der Waals surface area (Å²) in [6, 6.07) is 14.9. The molecule has 0 aliphatic rings. The number of hydrogen-bond donors (Lipinski definition) is 1. The Hall–Kier alpha value is -2.52. The average molecular weight is 330 g/mol. The van der Waals surface area contributed by atoms with Crippen LogP contribution < -0.4 is 10.1 Å². The molecule has 0 spiro atoms. The van der Waals surface area contributed by atoms with Crippen LogP contribution in [0.1, 0.15) is 6.42 Å². The number of nitrogens with zero attached hydrogens (tertiary/aromatic N) is 1. The lowest BCUT2D eigenvalue weighted by molar-refractivity contribution is -0.118. The molecule has 0 aliphatic heterocycles. The standard InChI is InChI=1S/C17H15FN2O2S/c18-13-6-8-14(9-7-13)22-12-17(21)20-15-4-1-2-5-16(15)23-11-3-10-19/h1-2,4-9H,3,11-12H2,(H,20,21). The molecule has 0 aromatic heterocycles. The first-order chi connectivity index (χ1) is 11.2. The van der Waals surface area contributed by atoms with Gasteiger partial charge in [0.1, 0.15) is 11.6 Å². The van der Waals surface area contributed by atoms with Crippen LogP contribution in [0.3, 0.4) is 0 Å². The minimum atomic E-state index is -0.356. The van der Waals surface area contributed by atoms with Crippen LogP contribution in [-0.2, 0) is 4.79 Å². The summed E-state index contributed by atoms with van der Waals surface area (Å²) in [5.41, 5.74) is 0.683. The van der Waals surface area contributed by atoms with Gasteiger partial charge in [0.15, 0.2) is 6.61 Å². The van der Waals surface area contributed by atoms with Crippen LogP contribution in [-0.4, -0.2) is 18.3 Å². The molecule has 0 heterocycles. The van der Waals surface area contributed by atoms with Gasteiger partial charge in [0.05, 0.1) is 11.8 Å². The van der Waals surface area contributed by atoms with Crippen LogP contribution in [0.25, 0.3) is 0 Å². The average Bonchev–Trinajstić information content (AvgIpc) is 2.56. The molecule has 0 saturated heterocycles. The van der Waals surface area contributed by atoms with Gasteiger partial charge in [-0.05, 0) is 36.4 Å². The van der Waals surface area contributed by atoms with Gasteiger partial charge < -0.3 is 10.1 Å². The Morgan fingerprint density at radius 3 is 2.70 bits per heavy atom. The van der Waals surface area contributed by atoms with E-state index in [0.29, 0.717) is 23.6 Å². The van der Waals surface area contributed by atoms with Gasteiger partial charge in [0.2, 0.25) is 0 Å². The van der Waals surface area contributed by atoms with E-state index in [1.54, 1.807) is 6.07 Å². The molecular weight excluding hydrogens is 315 g/mol. The number of anilines is 1. The van der Waals surface area contributed by atoms with Crippen LogP contribution in [0.5, 0.6) is 5.75 Å². The van der Waals surface area contributed by atoms with E-state index in [0.717, 1.165) is 4.90 Å². The Morgan fingerprint density at radius 1 is 1.22 bits per heavy atom. The fraction of sp³-hybridized carbons (Fsp3) is 0.176. The van der Waals surface area contributed by atoms with Crippen molar-refractivity contribution in [1.82, 2.24) is 0 Å². The quantitative estimate of drug-likeness (QED) is 0.619. The number of benzene rings is 2. The molecule has 0 bridgehead atoms. The Morgan fingerprint density at radius 2 is 1.96 bits per heavy atom. The van der Waals surface area contributed by atoms with E-state index >= 15 is 0 Å². The Bertz CT molecular complexity index is 698. The van der Waals surface area contributed by atoms with E-state index in [-0.39, 0.29) is 18.3 Å². The Balaban J connectivity index is 1.89. The summed E-state index contributed by atoms with van der Waals surface area (Å²) in [4.78, 5) is 12.9. The van der Waals surface area contributed by atoms with E-state index in [2.05, 4.69) is 11.4 Å². The summed E-state index contributed by atoms with van der Waals surface area (Å²) in [7, 11) is 0. The molecule has 4 nitrogen and oxygen atoms in total. The number of thioether (sulfide) groups is 1. The molecule has 0 atom stereocenters. The molecule has 0 fully saturated rings. The highest BCUT2D eigenvalue weighted by Crippen LogP contribution is 2.27. The highest BCUT2D eigenvalue weighted by Gasteiger charge is 2.08. The highest BCUT2D eigenvalue weighted by molar-refractivity contribution is 7.99. The largest absolute Gasteiger partial charge is 0.484 e. The number of halogens is 1. The van der Waals surface area contributed by atoms with Crippen molar-refractivity contribution < 1.29 is 13.9 Å². The lowest BCUT2D eigenvalue weighted by Crippen LogP contribution is -2.20. The number of carbonyl (C=O) groups is 1. The third-order valence-electron chi connectivity index (χ3n) is 2.82. The van der Waals surface area contributed by atoms with Crippen LogP contribution in [0.2, 0.25) is 0 Å². The number of para-hydroxylation sites is 1. The maximum absolute atomic E-state index is 12.8. The summed E-state index contributed by atoms with van der Waals surface area (Å²) >= 11 is 1.51. The zero-order valence-electron chi connectivity index (χ0n) is 12.3. The first-order valence-corrected chi connectivity index (χ1v) is 7.94. The van der Waals surface area contributed by atoms with Gasteiger partial charge in [-0.15, -0.1) is 11.8 Å². The molecular formula is C17H15FN2O2S. The first kappa shape index (κ1) is 16.8. The van der Waals surface area contributed by atoms with E-state index < -0.39 is 0 Å². The minimum absolute atomic E-state index is 0.164. The van der Waals surface area contributed by atoms with Crippen molar-refractivity contribution in [3.8, 4) is 11.8 Å². The van der Waals surface area contributed by atoms with Crippen molar-refractivity contribution in [2.45, 2.75) is 11.3 Å². The smallest absolute Gasteiger partial charge is 0.262 e. The van der Waals surface area contributed by atoms with E-state index in [4.69, 9.17) is 10.00 Å². The summed E-state index contributed by atoms with van der Waals surface area (Å²) in [5.74, 6) is 0.432. The predicted molar refractivity (Wildman–Crippen MR) is 87.9 cm³/mol. The molecule has 0 aliphatic carbocycles. The number of rotatable bonds is 7. The molecule has 6 heteroatoms. The molecule has 23 heavy (non-hydrogen) atoms. The van der Waals surface area contributed by atoms with Gasteiger partial charge in [-0.3, -0.25) is 4.79 Å². The van der Waals surface area contributed by atoms with Crippen molar-refractivity contribution in [3.05, 3.63) is 54.3 Å². The second-order valence-corrected chi connectivity index (χ2v) is 5.68. The maximum atomic E-state index is 12.8. The maximum Gasteiger partial charge on any atom is 0.262 e. The fourth-order valence-corrected chi connectivity index (χ4v) is 2.63. The van der Waals surface area contributed by atoms with Crippen molar-refractivity contribution in [1.29, 1.82) is 5.26 Å². The first-order valence-electron chi connectivity index (χ1n) is 6.96. The van der Waals surface area contributed by atoms with Crippen molar-refractivity contribution >= 4 is 23.4 Å². The van der Waals surface area contributed by atoms with Gasteiger partial charge >= 0.3 is 0 Å². The molecule has 1 N–H and O–H groups in total. The molecule has 2 rings (SSSR count). The summed E-state index contributed by atoms with van der Waals surface area (Å²) in [6.07, 6.45) is 0.445. The van der Waals surface area contributed by atoms with Gasteiger partial charge in [0.25, 0.3) is 5.91 Å². The predicted octanol–water partition coefficient (Wildman–Crippen LogP) is 3.85. The Kier molecular flexibility index (Phi) is 6.45. The lowest BCUT2D eigenvalue weighted by Gasteiger charge is -2.11. The zero-order valence-corrected chi connectivity index (χ0v) is 13.1. The third kappa shape index (κ3) is 5.64. The van der Waals surface area contributed by atoms with E-state index in [1.165, 1.54) is 36.0 Å². The molecule has 1 amide bonds. The summed E-state index contributed by atoms with van der Waals surface area (Å²) in [6.45, 7) is -0.164. The fourth-order valence-electron chi connectivity index (χ4n) is 1.77.